The molecule has 4 heterocycles. The number of fused-ring (bicyclic) bond motifs is 1. The fraction of sp³-hybridized carbons (Fsp3) is 0.500. The molecule has 0 saturated carbocycles. The second-order valence-corrected chi connectivity index (χ2v) is 6.07. The van der Waals surface area contributed by atoms with Crippen molar-refractivity contribution in [3.05, 3.63) is 12.7 Å². The van der Waals surface area contributed by atoms with Crippen LogP contribution in [0.2, 0.25) is 0 Å². The smallest absolute Gasteiger partial charge is 0.256 e. The highest BCUT2D eigenvalue weighted by Crippen LogP contribution is 2.32. The van der Waals surface area contributed by atoms with E-state index in [2.05, 4.69) is 20.3 Å². The fourth-order valence-corrected chi connectivity index (χ4v) is 3.03. The van der Waals surface area contributed by atoms with E-state index in [1.807, 2.05) is 0 Å². The third-order valence-electron chi connectivity index (χ3n) is 4.39. The van der Waals surface area contributed by atoms with Crippen LogP contribution in [0.15, 0.2) is 12.7 Å². The molecular weight excluding hydrogens is 348 g/mol. The van der Waals surface area contributed by atoms with Gasteiger partial charge in [0, 0.05) is 0 Å². The first-order valence-corrected chi connectivity index (χ1v) is 7.85. The maximum absolute atomic E-state index is 11.5. The fourth-order valence-electron chi connectivity index (χ4n) is 3.03. The number of nitrogen functional groups attached to an aromatic ring is 1. The second kappa shape index (κ2) is 6.25. The van der Waals surface area contributed by atoms with Crippen molar-refractivity contribution in [2.75, 3.05) is 12.3 Å². The van der Waals surface area contributed by atoms with Crippen LogP contribution in [0, 0.1) is 0 Å². The Labute approximate surface area is 145 Å². The van der Waals surface area contributed by atoms with Crippen molar-refractivity contribution in [1.29, 1.82) is 0 Å². The molecular formula is C14H16N6O6. The molecule has 4 rings (SSSR count). The summed E-state index contributed by atoms with van der Waals surface area (Å²) in [6.07, 6.45) is -2.82. The monoisotopic (exact) mass is 364 g/mol. The van der Waals surface area contributed by atoms with Gasteiger partial charge < -0.3 is 25.4 Å². The van der Waals surface area contributed by atoms with E-state index in [1.165, 1.54) is 17.2 Å². The summed E-state index contributed by atoms with van der Waals surface area (Å²) in [5.41, 5.74) is 6.42. The van der Waals surface area contributed by atoms with Crippen LogP contribution in [0.1, 0.15) is 12.6 Å². The number of carbonyl (C=O) groups is 2. The van der Waals surface area contributed by atoms with E-state index in [4.69, 9.17) is 15.2 Å². The molecule has 2 saturated heterocycles. The largest absolute Gasteiger partial charge is 0.387 e. The molecule has 5 atom stereocenters. The van der Waals surface area contributed by atoms with Gasteiger partial charge in [0.2, 0.25) is 5.91 Å². The van der Waals surface area contributed by atoms with Crippen molar-refractivity contribution in [1.82, 2.24) is 24.8 Å². The Balaban J connectivity index is 1.50. The molecule has 2 aromatic rings. The number of aromatic nitrogens is 4. The third-order valence-corrected chi connectivity index (χ3v) is 4.39. The number of anilines is 1. The number of imide groups is 1. The molecule has 2 aliphatic heterocycles. The summed E-state index contributed by atoms with van der Waals surface area (Å²) in [6, 6.07) is 0. The van der Waals surface area contributed by atoms with Gasteiger partial charge in [-0.25, -0.2) is 15.0 Å². The Kier molecular flexibility index (Phi) is 4.03. The summed E-state index contributed by atoms with van der Waals surface area (Å²) in [5.74, 6) is -0.779. The van der Waals surface area contributed by atoms with Crippen LogP contribution in [0.3, 0.4) is 0 Å². The lowest BCUT2D eigenvalue weighted by atomic mass is 10.1. The Morgan fingerprint density at radius 2 is 2.12 bits per heavy atom. The number of imidazole rings is 1. The molecule has 2 amide bonds. The molecule has 0 radical (unpaired) electrons. The summed E-state index contributed by atoms with van der Waals surface area (Å²) >= 11 is 0. The van der Waals surface area contributed by atoms with Crippen LogP contribution in [0.4, 0.5) is 5.82 Å². The van der Waals surface area contributed by atoms with Crippen molar-refractivity contribution >= 4 is 28.8 Å². The highest BCUT2D eigenvalue weighted by atomic mass is 16.6. The zero-order chi connectivity index (χ0) is 18.4. The average molecular weight is 364 g/mol. The molecule has 0 aromatic carbocycles. The highest BCUT2D eigenvalue weighted by molar-refractivity contribution is 6.04. The number of carbonyl (C=O) groups excluding carboxylic acids is 2. The van der Waals surface area contributed by atoms with E-state index in [0.717, 1.165) is 0 Å². The van der Waals surface area contributed by atoms with Crippen molar-refractivity contribution in [3.63, 3.8) is 0 Å². The summed E-state index contributed by atoms with van der Waals surface area (Å²) < 4.78 is 12.5. The lowest BCUT2D eigenvalue weighted by molar-refractivity contribution is -0.133. The lowest BCUT2D eigenvalue weighted by Crippen LogP contribution is -2.36. The van der Waals surface area contributed by atoms with Gasteiger partial charge >= 0.3 is 0 Å². The SMILES string of the molecule is Nc1ncnc2c1ncn2[C@@H]1O[C@H](CO[C@H]2CC(=O)NC2=O)[C@@H](O)[C@H]1O. The molecule has 12 nitrogen and oxygen atoms in total. The third kappa shape index (κ3) is 2.68. The topological polar surface area (TPSA) is 175 Å². The predicted molar refractivity (Wildman–Crippen MR) is 83.2 cm³/mol. The van der Waals surface area contributed by atoms with Crippen LogP contribution < -0.4 is 11.1 Å². The minimum absolute atomic E-state index is 0.0873. The minimum Gasteiger partial charge on any atom is -0.387 e. The van der Waals surface area contributed by atoms with Gasteiger partial charge in [0.05, 0.1) is 19.4 Å². The van der Waals surface area contributed by atoms with Crippen LogP contribution >= 0.6 is 0 Å². The van der Waals surface area contributed by atoms with Crippen molar-refractivity contribution in [3.8, 4) is 0 Å². The Bertz CT molecular complexity index is 871. The number of ether oxygens (including phenoxy) is 2. The Morgan fingerprint density at radius 3 is 2.85 bits per heavy atom. The summed E-state index contributed by atoms with van der Waals surface area (Å²) in [7, 11) is 0. The van der Waals surface area contributed by atoms with E-state index in [9.17, 15) is 19.8 Å². The Morgan fingerprint density at radius 1 is 1.31 bits per heavy atom. The Hall–Kier alpha value is -2.67. The van der Waals surface area contributed by atoms with Gasteiger partial charge in [-0.1, -0.05) is 0 Å². The molecule has 2 aliphatic rings. The summed E-state index contributed by atoms with van der Waals surface area (Å²) in [5, 5.41) is 22.7. The number of nitrogens with two attached hydrogens (primary N) is 1. The second-order valence-electron chi connectivity index (χ2n) is 6.07. The number of hydrogen-bond donors (Lipinski definition) is 4. The highest BCUT2D eigenvalue weighted by Gasteiger charge is 2.45. The number of rotatable bonds is 4. The van der Waals surface area contributed by atoms with E-state index in [-0.39, 0.29) is 18.8 Å². The van der Waals surface area contributed by atoms with Gasteiger partial charge in [-0.2, -0.15) is 0 Å². The van der Waals surface area contributed by atoms with Gasteiger partial charge in [-0.15, -0.1) is 0 Å². The molecule has 0 unspecified atom stereocenters. The molecule has 5 N–H and O–H groups in total. The first-order valence-electron chi connectivity index (χ1n) is 7.85. The van der Waals surface area contributed by atoms with E-state index < -0.39 is 42.5 Å². The predicted octanol–water partition coefficient (Wildman–Crippen LogP) is -2.54. The van der Waals surface area contributed by atoms with Crippen molar-refractivity contribution < 1.29 is 29.3 Å². The molecule has 2 fully saturated rings. The van der Waals surface area contributed by atoms with Gasteiger partial charge in [0.15, 0.2) is 17.7 Å². The van der Waals surface area contributed by atoms with Gasteiger partial charge in [0.1, 0.15) is 36.3 Å². The van der Waals surface area contributed by atoms with Gasteiger partial charge in [-0.05, 0) is 0 Å². The summed E-state index contributed by atoms with van der Waals surface area (Å²) in [6.45, 7) is -0.177. The number of nitrogens with one attached hydrogen (secondary N) is 1. The molecule has 0 aliphatic carbocycles. The average Bonchev–Trinajstić information content (AvgIpc) is 3.25. The van der Waals surface area contributed by atoms with Gasteiger partial charge in [-0.3, -0.25) is 19.5 Å². The zero-order valence-electron chi connectivity index (χ0n) is 13.3. The number of aliphatic hydroxyl groups excluding tert-OH is 2. The van der Waals surface area contributed by atoms with Gasteiger partial charge in [0.25, 0.3) is 5.91 Å². The van der Waals surface area contributed by atoms with Crippen LogP contribution in [0.25, 0.3) is 11.2 Å². The number of hydrogen-bond acceptors (Lipinski definition) is 10. The van der Waals surface area contributed by atoms with E-state index in [0.29, 0.717) is 11.2 Å². The maximum atomic E-state index is 11.5. The zero-order valence-corrected chi connectivity index (χ0v) is 13.3. The van der Waals surface area contributed by atoms with Crippen molar-refractivity contribution in [2.45, 2.75) is 37.1 Å². The van der Waals surface area contributed by atoms with E-state index in [1.54, 1.807) is 0 Å². The minimum atomic E-state index is -1.28. The van der Waals surface area contributed by atoms with Crippen LogP contribution in [-0.4, -0.2) is 72.6 Å². The maximum Gasteiger partial charge on any atom is 0.256 e. The molecule has 26 heavy (non-hydrogen) atoms. The molecule has 12 heteroatoms. The normalized spacial score (nSPS) is 31.7. The first kappa shape index (κ1) is 16.8. The van der Waals surface area contributed by atoms with E-state index >= 15 is 0 Å². The quantitative estimate of drug-likeness (QED) is 0.423. The number of nitrogens with zero attached hydrogens (tertiary/aromatic N) is 4. The molecule has 0 spiro atoms. The first-order chi connectivity index (χ1) is 12.5. The standard InChI is InChI=1S/C14H16N6O6/c15-11-8-12(17-3-16-11)20(4-18-8)14-10(23)9(22)6(26-14)2-25-5-1-7(21)19-13(5)24/h3-6,9-10,14,22-23H,1-2H2,(H2,15,16,17)(H,19,21,24)/t5-,6+,9+,10+,14+/m0/s1. The summed E-state index contributed by atoms with van der Waals surface area (Å²) in [4.78, 5) is 34.7. The molecule has 0 bridgehead atoms. The van der Waals surface area contributed by atoms with Crippen LogP contribution in [0.5, 0.6) is 0 Å². The number of amides is 2. The number of aliphatic hydroxyl groups is 2. The molecule has 138 valence electrons. The van der Waals surface area contributed by atoms with Crippen molar-refractivity contribution in [2.24, 2.45) is 0 Å². The van der Waals surface area contributed by atoms with Crippen LogP contribution in [-0.2, 0) is 19.1 Å². The lowest BCUT2D eigenvalue weighted by Gasteiger charge is -2.17. The molecule has 2 aromatic heterocycles.